The first-order chi connectivity index (χ1) is 8.69. The predicted molar refractivity (Wildman–Crippen MR) is 76.4 cm³/mol. The summed E-state index contributed by atoms with van der Waals surface area (Å²) >= 11 is 0. The van der Waals surface area contributed by atoms with Gasteiger partial charge < -0.3 is 14.6 Å². The minimum Gasteiger partial charge on any atom is -0.466 e. The summed E-state index contributed by atoms with van der Waals surface area (Å²) in [5.74, 6) is 2.03. The first kappa shape index (κ1) is 12.6. The van der Waals surface area contributed by atoms with Crippen molar-refractivity contribution in [3.8, 4) is 0 Å². The van der Waals surface area contributed by atoms with E-state index in [1.54, 1.807) is 0 Å². The third-order valence-electron chi connectivity index (χ3n) is 3.09. The Bertz CT molecular complexity index is 487. The normalized spacial score (nSPS) is 10.4. The molecular weight excluding hydrogens is 224 g/mol. The van der Waals surface area contributed by atoms with Crippen LogP contribution in [0.1, 0.15) is 11.5 Å². The van der Waals surface area contributed by atoms with E-state index in [-0.39, 0.29) is 0 Å². The SMILES string of the molecule is CNc1ccc(N(C)CCc2ccc(C)o2)cc1. The monoisotopic (exact) mass is 244 g/mol. The minimum absolute atomic E-state index is 0.929. The van der Waals surface area contributed by atoms with Gasteiger partial charge in [-0.25, -0.2) is 0 Å². The summed E-state index contributed by atoms with van der Waals surface area (Å²) in [5, 5.41) is 3.12. The molecular formula is C15H20N2O. The van der Waals surface area contributed by atoms with Gasteiger partial charge in [-0.1, -0.05) is 0 Å². The number of likely N-dealkylation sites (N-methyl/N-ethyl adjacent to an activating group) is 1. The zero-order valence-electron chi connectivity index (χ0n) is 11.2. The van der Waals surface area contributed by atoms with E-state index >= 15 is 0 Å². The quantitative estimate of drug-likeness (QED) is 0.874. The number of hydrogen-bond acceptors (Lipinski definition) is 3. The number of nitrogens with zero attached hydrogens (tertiary/aromatic N) is 1. The lowest BCUT2D eigenvalue weighted by Crippen LogP contribution is -2.19. The number of nitrogens with one attached hydrogen (secondary N) is 1. The van der Waals surface area contributed by atoms with Crippen LogP contribution in [0, 0.1) is 6.92 Å². The molecule has 1 N–H and O–H groups in total. The fraction of sp³-hybridized carbons (Fsp3) is 0.333. The van der Waals surface area contributed by atoms with Crippen LogP contribution in [0.25, 0.3) is 0 Å². The first-order valence-electron chi connectivity index (χ1n) is 6.23. The molecule has 0 aliphatic rings. The molecule has 1 aromatic carbocycles. The highest BCUT2D eigenvalue weighted by Crippen LogP contribution is 2.17. The van der Waals surface area contributed by atoms with Crippen molar-refractivity contribution in [2.75, 3.05) is 30.9 Å². The number of rotatable bonds is 5. The van der Waals surface area contributed by atoms with Crippen molar-refractivity contribution in [2.24, 2.45) is 0 Å². The highest BCUT2D eigenvalue weighted by molar-refractivity contribution is 5.54. The van der Waals surface area contributed by atoms with Crippen molar-refractivity contribution >= 4 is 11.4 Å². The van der Waals surface area contributed by atoms with Crippen LogP contribution >= 0.6 is 0 Å². The van der Waals surface area contributed by atoms with Gasteiger partial charge in [0.15, 0.2) is 0 Å². The Balaban J connectivity index is 1.92. The Hall–Kier alpha value is -1.90. The van der Waals surface area contributed by atoms with Gasteiger partial charge in [-0.3, -0.25) is 0 Å². The molecule has 0 saturated heterocycles. The lowest BCUT2D eigenvalue weighted by atomic mass is 10.2. The van der Waals surface area contributed by atoms with Gasteiger partial charge in [0.25, 0.3) is 0 Å². The number of furan rings is 1. The number of benzene rings is 1. The van der Waals surface area contributed by atoms with Gasteiger partial charge in [-0.2, -0.15) is 0 Å². The second-order valence-corrected chi connectivity index (χ2v) is 4.48. The Kier molecular flexibility index (Phi) is 3.92. The lowest BCUT2D eigenvalue weighted by molar-refractivity contribution is 0.483. The van der Waals surface area contributed by atoms with Gasteiger partial charge in [0.2, 0.25) is 0 Å². The molecule has 18 heavy (non-hydrogen) atoms. The zero-order chi connectivity index (χ0) is 13.0. The summed E-state index contributed by atoms with van der Waals surface area (Å²) in [7, 11) is 4.03. The topological polar surface area (TPSA) is 28.4 Å². The molecule has 2 rings (SSSR count). The lowest BCUT2D eigenvalue weighted by Gasteiger charge is -2.19. The Morgan fingerprint density at radius 3 is 2.39 bits per heavy atom. The van der Waals surface area contributed by atoms with Crippen molar-refractivity contribution in [1.29, 1.82) is 0 Å². The average Bonchev–Trinajstić information content (AvgIpc) is 2.82. The van der Waals surface area contributed by atoms with E-state index < -0.39 is 0 Å². The van der Waals surface area contributed by atoms with Gasteiger partial charge in [0.05, 0.1) is 0 Å². The number of hydrogen-bond donors (Lipinski definition) is 1. The van der Waals surface area contributed by atoms with Crippen molar-refractivity contribution < 1.29 is 4.42 Å². The molecule has 3 nitrogen and oxygen atoms in total. The van der Waals surface area contributed by atoms with E-state index in [0.29, 0.717) is 0 Å². The summed E-state index contributed by atoms with van der Waals surface area (Å²) in [6, 6.07) is 12.5. The molecule has 0 fully saturated rings. The maximum absolute atomic E-state index is 5.57. The minimum atomic E-state index is 0.929. The number of aryl methyl sites for hydroxylation is 1. The molecule has 3 heteroatoms. The molecule has 0 aliphatic carbocycles. The summed E-state index contributed by atoms with van der Waals surface area (Å²) < 4.78 is 5.57. The van der Waals surface area contributed by atoms with Crippen LogP contribution < -0.4 is 10.2 Å². The van der Waals surface area contributed by atoms with Crippen molar-refractivity contribution in [3.63, 3.8) is 0 Å². The summed E-state index contributed by atoms with van der Waals surface area (Å²) in [4.78, 5) is 2.23. The zero-order valence-corrected chi connectivity index (χ0v) is 11.2. The molecule has 0 aliphatic heterocycles. The van der Waals surface area contributed by atoms with Gasteiger partial charge in [-0.05, 0) is 43.3 Å². The second-order valence-electron chi connectivity index (χ2n) is 4.48. The molecule has 2 aromatic rings. The van der Waals surface area contributed by atoms with E-state index in [1.807, 2.05) is 26.1 Å². The highest BCUT2D eigenvalue weighted by Gasteiger charge is 2.03. The fourth-order valence-corrected chi connectivity index (χ4v) is 1.91. The molecule has 1 aromatic heterocycles. The molecule has 96 valence electrons. The Morgan fingerprint density at radius 2 is 1.83 bits per heavy atom. The summed E-state index contributed by atoms with van der Waals surface area (Å²) in [6.45, 7) is 2.93. The van der Waals surface area contributed by atoms with Crippen molar-refractivity contribution in [2.45, 2.75) is 13.3 Å². The van der Waals surface area contributed by atoms with Crippen LogP contribution in [0.5, 0.6) is 0 Å². The third kappa shape index (κ3) is 3.06. The van der Waals surface area contributed by atoms with Crippen LogP contribution in [0.4, 0.5) is 11.4 Å². The fourth-order valence-electron chi connectivity index (χ4n) is 1.91. The van der Waals surface area contributed by atoms with E-state index in [2.05, 4.69) is 41.5 Å². The van der Waals surface area contributed by atoms with Crippen molar-refractivity contribution in [1.82, 2.24) is 0 Å². The molecule has 0 atom stereocenters. The molecule has 1 heterocycles. The highest BCUT2D eigenvalue weighted by atomic mass is 16.3. The molecule has 0 spiro atoms. The Morgan fingerprint density at radius 1 is 1.11 bits per heavy atom. The molecule has 0 amide bonds. The van der Waals surface area contributed by atoms with E-state index in [4.69, 9.17) is 4.42 Å². The molecule has 0 saturated carbocycles. The molecule has 0 radical (unpaired) electrons. The number of anilines is 2. The third-order valence-corrected chi connectivity index (χ3v) is 3.09. The average molecular weight is 244 g/mol. The standard InChI is InChI=1S/C15H20N2O/c1-12-4-9-15(18-12)10-11-17(3)14-7-5-13(16-2)6-8-14/h4-9,16H,10-11H2,1-3H3. The molecule has 0 unspecified atom stereocenters. The maximum Gasteiger partial charge on any atom is 0.105 e. The van der Waals surface area contributed by atoms with Crippen LogP contribution in [0.2, 0.25) is 0 Å². The predicted octanol–water partition coefficient (Wildman–Crippen LogP) is 3.31. The largest absolute Gasteiger partial charge is 0.466 e. The van der Waals surface area contributed by atoms with Gasteiger partial charge in [-0.15, -0.1) is 0 Å². The Labute approximate surface area is 108 Å². The maximum atomic E-state index is 5.57. The van der Waals surface area contributed by atoms with Crippen LogP contribution in [-0.2, 0) is 6.42 Å². The first-order valence-corrected chi connectivity index (χ1v) is 6.23. The van der Waals surface area contributed by atoms with Crippen molar-refractivity contribution in [3.05, 3.63) is 47.9 Å². The van der Waals surface area contributed by atoms with Gasteiger partial charge >= 0.3 is 0 Å². The summed E-state index contributed by atoms with van der Waals surface area (Å²) in [6.07, 6.45) is 0.929. The van der Waals surface area contributed by atoms with E-state index in [1.165, 1.54) is 5.69 Å². The van der Waals surface area contributed by atoms with Crippen LogP contribution in [-0.4, -0.2) is 20.6 Å². The van der Waals surface area contributed by atoms with Crippen LogP contribution in [0.15, 0.2) is 40.8 Å². The summed E-state index contributed by atoms with van der Waals surface area (Å²) in [5.41, 5.74) is 2.35. The van der Waals surface area contributed by atoms with E-state index in [0.717, 1.165) is 30.2 Å². The van der Waals surface area contributed by atoms with Gasteiger partial charge in [0.1, 0.15) is 11.5 Å². The van der Waals surface area contributed by atoms with Crippen LogP contribution in [0.3, 0.4) is 0 Å². The smallest absolute Gasteiger partial charge is 0.105 e. The van der Waals surface area contributed by atoms with E-state index in [9.17, 15) is 0 Å². The van der Waals surface area contributed by atoms with Gasteiger partial charge in [0, 0.05) is 38.4 Å². The molecule has 0 bridgehead atoms. The second kappa shape index (κ2) is 5.63.